The molecule has 0 amide bonds. The van der Waals surface area contributed by atoms with Crippen molar-refractivity contribution in [3.05, 3.63) is 12.3 Å². The average molecular weight is 234 g/mol. The molecule has 0 fully saturated rings. The molecule has 0 spiro atoms. The van der Waals surface area contributed by atoms with Crippen LogP contribution in [0.25, 0.3) is 0 Å². The van der Waals surface area contributed by atoms with Crippen molar-refractivity contribution in [2.45, 2.75) is 54.3 Å². The molecule has 1 unspecified atom stereocenters. The van der Waals surface area contributed by atoms with Crippen LogP contribution in [0.15, 0.2) is 12.3 Å². The Kier molecular flexibility index (Phi) is 31.2. The minimum Gasteiger partial charge on any atom is -0.502 e. The van der Waals surface area contributed by atoms with Gasteiger partial charge in [-0.05, 0) is 27.2 Å². The van der Waals surface area contributed by atoms with Gasteiger partial charge in [-0.25, -0.2) is 0 Å². The summed E-state index contributed by atoms with van der Waals surface area (Å²) in [6.07, 6.45) is 4.47. The minimum atomic E-state index is -0.000000000000000444. The molecule has 0 aliphatic rings. The molecule has 0 heterocycles. The fourth-order valence-electron chi connectivity index (χ4n) is 0.731. The first kappa shape index (κ1) is 20.8. The van der Waals surface area contributed by atoms with Crippen LogP contribution >= 0.6 is 0 Å². The summed E-state index contributed by atoms with van der Waals surface area (Å²) in [5.41, 5.74) is 0. The second kappa shape index (κ2) is 23.9. The molecule has 1 atom stereocenters. The number of hydrogen-bond donors (Lipinski definition) is 0. The highest BCUT2D eigenvalue weighted by atomic mass is 16.7. The molecule has 3 nitrogen and oxygen atoms in total. The first-order valence-electron chi connectivity index (χ1n) is 6.13. The highest BCUT2D eigenvalue weighted by Crippen LogP contribution is 1.96. The van der Waals surface area contributed by atoms with E-state index in [0.717, 1.165) is 19.6 Å². The van der Waals surface area contributed by atoms with E-state index in [9.17, 15) is 0 Å². The van der Waals surface area contributed by atoms with Gasteiger partial charge in [0.15, 0.2) is 6.29 Å². The van der Waals surface area contributed by atoms with Crippen LogP contribution < -0.4 is 0 Å². The lowest BCUT2D eigenvalue weighted by Crippen LogP contribution is -2.12. The Hall–Kier alpha value is -0.540. The van der Waals surface area contributed by atoms with Gasteiger partial charge in [-0.15, -0.1) is 0 Å². The standard InChI is InChI=1S/C6H14O2.C5H10O.C2H6/c1-4-6(7-3)8-5-2;1-3-5-6-4-2;1-2/h6H,4-5H2,1-3H3;3,5H,4H2,1-2H3;1-2H3/b;5-3-;. The summed E-state index contributed by atoms with van der Waals surface area (Å²) in [6.45, 7) is 13.4. The summed E-state index contributed by atoms with van der Waals surface area (Å²) in [7, 11) is 1.66. The van der Waals surface area contributed by atoms with Crippen LogP contribution in [-0.4, -0.2) is 26.6 Å². The predicted molar refractivity (Wildman–Crippen MR) is 70.5 cm³/mol. The van der Waals surface area contributed by atoms with Crippen molar-refractivity contribution >= 4 is 0 Å². The molecule has 0 rings (SSSR count). The molecule has 0 saturated carbocycles. The molecule has 0 aromatic carbocycles. The summed E-state index contributed by atoms with van der Waals surface area (Å²) >= 11 is 0. The number of ether oxygens (including phenoxy) is 3. The van der Waals surface area contributed by atoms with Gasteiger partial charge in [-0.3, -0.25) is 0 Å². The Labute approximate surface area is 102 Å². The lowest BCUT2D eigenvalue weighted by molar-refractivity contribution is -0.120. The third kappa shape index (κ3) is 23.4. The monoisotopic (exact) mass is 234 g/mol. The van der Waals surface area contributed by atoms with E-state index in [2.05, 4.69) is 0 Å². The molecule has 0 aliphatic carbocycles. The molecule has 0 bridgehead atoms. The molecule has 0 aromatic heterocycles. The average Bonchev–Trinajstić information content (AvgIpc) is 2.36. The fourth-order valence-corrected chi connectivity index (χ4v) is 0.731. The molecule has 16 heavy (non-hydrogen) atoms. The van der Waals surface area contributed by atoms with Crippen LogP contribution in [0.5, 0.6) is 0 Å². The van der Waals surface area contributed by atoms with Crippen molar-refractivity contribution in [2.24, 2.45) is 0 Å². The van der Waals surface area contributed by atoms with Crippen LogP contribution in [0.3, 0.4) is 0 Å². The Morgan fingerprint density at radius 1 is 1.06 bits per heavy atom. The number of allylic oxidation sites excluding steroid dienone is 1. The Morgan fingerprint density at radius 3 is 1.75 bits per heavy atom. The zero-order valence-electron chi connectivity index (χ0n) is 12.1. The molecule has 0 radical (unpaired) electrons. The predicted octanol–water partition coefficient (Wildman–Crippen LogP) is 3.99. The van der Waals surface area contributed by atoms with Crippen molar-refractivity contribution in [3.63, 3.8) is 0 Å². The molecule has 3 heteroatoms. The van der Waals surface area contributed by atoms with E-state index in [1.807, 2.05) is 47.6 Å². The van der Waals surface area contributed by atoms with Crippen LogP contribution in [0.2, 0.25) is 0 Å². The van der Waals surface area contributed by atoms with Crippen molar-refractivity contribution in [3.8, 4) is 0 Å². The van der Waals surface area contributed by atoms with E-state index >= 15 is 0 Å². The molecular weight excluding hydrogens is 204 g/mol. The van der Waals surface area contributed by atoms with Crippen molar-refractivity contribution in [1.82, 2.24) is 0 Å². The Balaban J connectivity index is -0.000000188. The fraction of sp³-hybridized carbons (Fsp3) is 0.846. The maximum atomic E-state index is 5.12. The summed E-state index contributed by atoms with van der Waals surface area (Å²) < 4.78 is 14.8. The first-order valence-corrected chi connectivity index (χ1v) is 6.13. The third-order valence-electron chi connectivity index (χ3n) is 1.35. The van der Waals surface area contributed by atoms with E-state index in [-0.39, 0.29) is 6.29 Å². The zero-order valence-corrected chi connectivity index (χ0v) is 12.1. The van der Waals surface area contributed by atoms with Crippen molar-refractivity contribution < 1.29 is 14.2 Å². The van der Waals surface area contributed by atoms with Crippen LogP contribution in [0, 0.1) is 0 Å². The van der Waals surface area contributed by atoms with E-state index in [1.165, 1.54) is 0 Å². The summed E-state index contributed by atoms with van der Waals surface area (Å²) in [6, 6.07) is 0. The maximum absolute atomic E-state index is 5.12. The van der Waals surface area contributed by atoms with Gasteiger partial charge < -0.3 is 14.2 Å². The molecule has 0 aliphatic heterocycles. The molecular formula is C13H30O3. The van der Waals surface area contributed by atoms with Crippen molar-refractivity contribution in [1.29, 1.82) is 0 Å². The quantitative estimate of drug-likeness (QED) is 0.514. The van der Waals surface area contributed by atoms with E-state index in [4.69, 9.17) is 14.2 Å². The van der Waals surface area contributed by atoms with E-state index < -0.39 is 0 Å². The van der Waals surface area contributed by atoms with Gasteiger partial charge in [0.1, 0.15) is 0 Å². The zero-order chi connectivity index (χ0) is 13.2. The minimum absolute atomic E-state index is 0.000000000000000444. The van der Waals surface area contributed by atoms with Gasteiger partial charge in [-0.2, -0.15) is 0 Å². The van der Waals surface area contributed by atoms with E-state index in [1.54, 1.807) is 13.4 Å². The van der Waals surface area contributed by atoms with Gasteiger partial charge in [-0.1, -0.05) is 26.8 Å². The molecule has 0 aromatic rings. The smallest absolute Gasteiger partial charge is 0.156 e. The van der Waals surface area contributed by atoms with Crippen LogP contribution in [-0.2, 0) is 14.2 Å². The van der Waals surface area contributed by atoms with Crippen LogP contribution in [0.4, 0.5) is 0 Å². The largest absolute Gasteiger partial charge is 0.502 e. The molecule has 100 valence electrons. The van der Waals surface area contributed by atoms with Crippen molar-refractivity contribution in [2.75, 3.05) is 20.3 Å². The number of hydrogen-bond acceptors (Lipinski definition) is 3. The maximum Gasteiger partial charge on any atom is 0.156 e. The Bertz CT molecular complexity index is 110. The lowest BCUT2D eigenvalue weighted by Gasteiger charge is -2.11. The topological polar surface area (TPSA) is 27.7 Å². The van der Waals surface area contributed by atoms with Gasteiger partial charge in [0, 0.05) is 13.7 Å². The van der Waals surface area contributed by atoms with Gasteiger partial charge >= 0.3 is 0 Å². The first-order chi connectivity index (χ1) is 7.76. The summed E-state index contributed by atoms with van der Waals surface area (Å²) in [5.74, 6) is 0. The normalized spacial score (nSPS) is 10.9. The number of rotatable bonds is 6. The summed E-state index contributed by atoms with van der Waals surface area (Å²) in [4.78, 5) is 0. The highest BCUT2D eigenvalue weighted by Gasteiger charge is 1.99. The summed E-state index contributed by atoms with van der Waals surface area (Å²) in [5, 5.41) is 0. The van der Waals surface area contributed by atoms with Gasteiger partial charge in [0.2, 0.25) is 0 Å². The number of methoxy groups -OCH3 is 1. The van der Waals surface area contributed by atoms with Gasteiger partial charge in [0.05, 0.1) is 12.9 Å². The molecule has 0 saturated heterocycles. The lowest BCUT2D eigenvalue weighted by atomic mass is 10.5. The SMILES string of the molecule is C/C=C\OCC.CC.CCOC(CC)OC. The van der Waals surface area contributed by atoms with E-state index in [0.29, 0.717) is 0 Å². The Morgan fingerprint density at radius 2 is 1.62 bits per heavy atom. The third-order valence-corrected chi connectivity index (χ3v) is 1.35. The second-order valence-electron chi connectivity index (χ2n) is 2.45. The second-order valence-corrected chi connectivity index (χ2v) is 2.45. The van der Waals surface area contributed by atoms with Crippen LogP contribution in [0.1, 0.15) is 48.0 Å². The highest BCUT2D eigenvalue weighted by molar-refractivity contribution is 4.63. The molecule has 0 N–H and O–H groups in total. The van der Waals surface area contributed by atoms with Gasteiger partial charge in [0.25, 0.3) is 0 Å².